The van der Waals surface area contributed by atoms with Crippen LogP contribution in [0.4, 0.5) is 0 Å². The van der Waals surface area contributed by atoms with Crippen molar-refractivity contribution in [2.75, 3.05) is 6.61 Å². The highest BCUT2D eigenvalue weighted by molar-refractivity contribution is 5.89. The van der Waals surface area contributed by atoms with E-state index in [0.717, 1.165) is 32.1 Å². The van der Waals surface area contributed by atoms with E-state index >= 15 is 0 Å². The van der Waals surface area contributed by atoms with E-state index in [-0.39, 0.29) is 41.5 Å². The van der Waals surface area contributed by atoms with E-state index in [1.54, 1.807) is 0 Å². The van der Waals surface area contributed by atoms with Crippen LogP contribution in [0.15, 0.2) is 11.6 Å². The van der Waals surface area contributed by atoms with E-state index in [2.05, 4.69) is 47.6 Å². The van der Waals surface area contributed by atoms with Gasteiger partial charge in [-0.15, -0.1) is 0 Å². The standard InChI is InChI=1S/C30H52O4/c1-17(2)20(5)18(3)15-19(4)23-11-12-25(29(23,7)13-14-31)22-9-10-24-21(6)26(32)16-27(33)30(24,8)28(22)34/h15,17,19-27,31-33H,9-14,16H2,1-8H3/b18-15+/t19-,20-,21+,22+,23-,24+,25+,26+,27+,29-,30-/m1/s1. The van der Waals surface area contributed by atoms with Gasteiger partial charge in [0.2, 0.25) is 0 Å². The minimum atomic E-state index is -0.776. The summed E-state index contributed by atoms with van der Waals surface area (Å²) in [7, 11) is 0. The molecule has 34 heavy (non-hydrogen) atoms. The zero-order valence-corrected chi connectivity index (χ0v) is 23.1. The molecule has 3 aliphatic carbocycles. The minimum absolute atomic E-state index is 0.0366. The third kappa shape index (κ3) is 4.57. The molecule has 0 unspecified atom stereocenters. The Bertz CT molecular complexity index is 759. The molecule has 0 radical (unpaired) electrons. The lowest BCUT2D eigenvalue weighted by Gasteiger charge is -2.55. The van der Waals surface area contributed by atoms with Crippen LogP contribution >= 0.6 is 0 Å². The second-order valence-corrected chi connectivity index (χ2v) is 13.2. The van der Waals surface area contributed by atoms with Crippen molar-refractivity contribution in [3.63, 3.8) is 0 Å². The highest BCUT2D eigenvalue weighted by Gasteiger charge is 2.61. The fourth-order valence-corrected chi connectivity index (χ4v) is 8.57. The Kier molecular flexibility index (Phi) is 8.48. The number of Topliss-reactive ketones (excluding diaryl/α,β-unsaturated/α-hetero) is 1. The van der Waals surface area contributed by atoms with Crippen molar-refractivity contribution >= 4 is 5.78 Å². The van der Waals surface area contributed by atoms with Crippen molar-refractivity contribution in [3.8, 4) is 0 Å². The van der Waals surface area contributed by atoms with Crippen LogP contribution in [0.5, 0.6) is 0 Å². The van der Waals surface area contributed by atoms with Crippen LogP contribution in [0.3, 0.4) is 0 Å². The average molecular weight is 477 g/mol. The highest BCUT2D eigenvalue weighted by Crippen LogP contribution is 2.61. The number of hydrogen-bond donors (Lipinski definition) is 3. The van der Waals surface area contributed by atoms with Gasteiger partial charge in [-0.25, -0.2) is 0 Å². The van der Waals surface area contributed by atoms with Crippen molar-refractivity contribution in [3.05, 3.63) is 11.6 Å². The van der Waals surface area contributed by atoms with Gasteiger partial charge in [-0.1, -0.05) is 53.2 Å². The van der Waals surface area contributed by atoms with Crippen LogP contribution in [0, 0.1) is 58.2 Å². The van der Waals surface area contributed by atoms with E-state index in [1.807, 2.05) is 13.8 Å². The first-order valence-electron chi connectivity index (χ1n) is 14.0. The third-order valence-electron chi connectivity index (χ3n) is 11.3. The predicted molar refractivity (Wildman–Crippen MR) is 138 cm³/mol. The summed E-state index contributed by atoms with van der Waals surface area (Å²) in [5.41, 5.74) is 0.578. The molecule has 0 amide bonds. The summed E-state index contributed by atoms with van der Waals surface area (Å²) in [6.07, 6.45) is 6.01. The summed E-state index contributed by atoms with van der Waals surface area (Å²) in [6.45, 7) is 17.9. The van der Waals surface area contributed by atoms with Crippen LogP contribution in [-0.2, 0) is 4.79 Å². The lowest BCUT2D eigenvalue weighted by Crippen LogP contribution is -2.60. The summed E-state index contributed by atoms with van der Waals surface area (Å²) in [5, 5.41) is 31.6. The summed E-state index contributed by atoms with van der Waals surface area (Å²) in [4.78, 5) is 14.1. The Balaban J connectivity index is 1.89. The molecule has 0 spiro atoms. The van der Waals surface area contributed by atoms with Gasteiger partial charge in [-0.2, -0.15) is 0 Å². The molecule has 0 saturated heterocycles. The largest absolute Gasteiger partial charge is 0.396 e. The van der Waals surface area contributed by atoms with Crippen LogP contribution < -0.4 is 0 Å². The smallest absolute Gasteiger partial charge is 0.144 e. The zero-order valence-electron chi connectivity index (χ0n) is 23.1. The third-order valence-corrected chi connectivity index (χ3v) is 11.3. The van der Waals surface area contributed by atoms with Crippen LogP contribution in [0.25, 0.3) is 0 Å². The quantitative estimate of drug-likeness (QED) is 0.416. The van der Waals surface area contributed by atoms with Gasteiger partial charge in [-0.05, 0) is 92.8 Å². The number of aliphatic hydroxyl groups excluding tert-OH is 3. The normalized spacial score (nSPS) is 45.4. The first-order valence-corrected chi connectivity index (χ1v) is 14.0. The van der Waals surface area contributed by atoms with E-state index in [4.69, 9.17) is 0 Å². The van der Waals surface area contributed by atoms with E-state index in [0.29, 0.717) is 30.1 Å². The van der Waals surface area contributed by atoms with Gasteiger partial charge >= 0.3 is 0 Å². The van der Waals surface area contributed by atoms with Gasteiger partial charge in [-0.3, -0.25) is 4.79 Å². The molecular formula is C30H52O4. The molecule has 0 bridgehead atoms. The number of fused-ring (bicyclic) bond motifs is 1. The molecule has 0 aromatic rings. The molecule has 3 saturated carbocycles. The maximum Gasteiger partial charge on any atom is 0.144 e. The highest BCUT2D eigenvalue weighted by atomic mass is 16.3. The Hall–Kier alpha value is -0.710. The van der Waals surface area contributed by atoms with Crippen LogP contribution in [-0.4, -0.2) is 39.9 Å². The fourth-order valence-electron chi connectivity index (χ4n) is 8.57. The molecule has 11 atom stereocenters. The molecule has 3 rings (SSSR count). The number of carbonyl (C=O) groups excluding carboxylic acids is 1. The topological polar surface area (TPSA) is 77.8 Å². The molecule has 0 aliphatic heterocycles. The van der Waals surface area contributed by atoms with Gasteiger partial charge in [0.15, 0.2) is 0 Å². The first kappa shape index (κ1) is 27.9. The Morgan fingerprint density at radius 1 is 1.06 bits per heavy atom. The summed E-state index contributed by atoms with van der Waals surface area (Å²) in [5.74, 6) is 2.47. The average Bonchev–Trinajstić information content (AvgIpc) is 3.10. The molecular weight excluding hydrogens is 424 g/mol. The molecule has 3 N–H and O–H groups in total. The molecule has 3 fully saturated rings. The molecule has 0 aromatic heterocycles. The molecule has 0 heterocycles. The fraction of sp³-hybridized carbons (Fsp3) is 0.900. The molecule has 4 nitrogen and oxygen atoms in total. The number of rotatable bonds is 7. The number of allylic oxidation sites excluding steroid dienone is 2. The Morgan fingerprint density at radius 2 is 1.68 bits per heavy atom. The maximum atomic E-state index is 14.1. The van der Waals surface area contributed by atoms with Crippen molar-refractivity contribution in [2.45, 2.75) is 106 Å². The SMILES string of the molecule is C/C(=C\[C@@H](C)[C@H]1CC[C@@H]([C@@H]2CC[C@H]3[C@H](C)[C@@H](O)C[C@H](O)[C@]3(C)C2=O)[C@]1(C)CCO)[C@H](C)C(C)C. The minimum Gasteiger partial charge on any atom is -0.396 e. The zero-order chi connectivity index (χ0) is 25.6. The molecule has 196 valence electrons. The van der Waals surface area contributed by atoms with Crippen molar-refractivity contribution in [1.29, 1.82) is 0 Å². The second-order valence-electron chi connectivity index (χ2n) is 13.2. The summed E-state index contributed by atoms with van der Waals surface area (Å²) >= 11 is 0. The van der Waals surface area contributed by atoms with Crippen molar-refractivity contribution < 1.29 is 20.1 Å². The van der Waals surface area contributed by atoms with E-state index in [9.17, 15) is 20.1 Å². The maximum absolute atomic E-state index is 14.1. The lowest BCUT2D eigenvalue weighted by atomic mass is 9.49. The lowest BCUT2D eigenvalue weighted by molar-refractivity contribution is -0.174. The van der Waals surface area contributed by atoms with Gasteiger partial charge in [0.05, 0.1) is 17.6 Å². The van der Waals surface area contributed by atoms with Gasteiger partial charge in [0.25, 0.3) is 0 Å². The van der Waals surface area contributed by atoms with Crippen molar-refractivity contribution in [1.82, 2.24) is 0 Å². The van der Waals surface area contributed by atoms with Gasteiger partial charge < -0.3 is 15.3 Å². The Morgan fingerprint density at radius 3 is 2.26 bits per heavy atom. The monoisotopic (exact) mass is 476 g/mol. The van der Waals surface area contributed by atoms with Crippen molar-refractivity contribution in [2.24, 2.45) is 58.2 Å². The van der Waals surface area contributed by atoms with E-state index in [1.165, 1.54) is 5.57 Å². The summed E-state index contributed by atoms with van der Waals surface area (Å²) < 4.78 is 0. The molecule has 4 heteroatoms. The first-order chi connectivity index (χ1) is 15.8. The number of hydrogen-bond acceptors (Lipinski definition) is 4. The van der Waals surface area contributed by atoms with Crippen LogP contribution in [0.1, 0.15) is 93.9 Å². The Labute approximate surface area is 208 Å². The van der Waals surface area contributed by atoms with Crippen LogP contribution in [0.2, 0.25) is 0 Å². The van der Waals surface area contributed by atoms with Gasteiger partial charge in [0.1, 0.15) is 5.78 Å². The predicted octanol–water partition coefficient (Wildman–Crippen LogP) is 5.64. The van der Waals surface area contributed by atoms with Gasteiger partial charge in [0, 0.05) is 18.9 Å². The summed E-state index contributed by atoms with van der Waals surface area (Å²) in [6, 6.07) is 0. The number of carbonyl (C=O) groups is 1. The molecule has 0 aromatic carbocycles. The molecule has 3 aliphatic rings. The number of aliphatic hydroxyl groups is 3. The number of ketones is 1. The van der Waals surface area contributed by atoms with E-state index < -0.39 is 17.6 Å². The second kappa shape index (κ2) is 10.3.